The van der Waals surface area contributed by atoms with E-state index in [4.69, 9.17) is 4.74 Å². The number of thiazole rings is 1. The summed E-state index contributed by atoms with van der Waals surface area (Å²) in [6, 6.07) is 17.5. The molecule has 148 valence electrons. The van der Waals surface area contributed by atoms with E-state index in [0.29, 0.717) is 5.13 Å². The van der Waals surface area contributed by atoms with Crippen LogP contribution in [0.25, 0.3) is 17.3 Å². The number of aromatic nitrogens is 1. The Morgan fingerprint density at radius 2 is 1.86 bits per heavy atom. The van der Waals surface area contributed by atoms with Crippen molar-refractivity contribution >= 4 is 46.2 Å². The summed E-state index contributed by atoms with van der Waals surface area (Å²) in [5.74, 6) is -1.00. The Balaban J connectivity index is 1.52. The first-order valence-electron chi connectivity index (χ1n) is 8.89. The fourth-order valence-corrected chi connectivity index (χ4v) is 3.56. The van der Waals surface area contributed by atoms with Crippen LogP contribution in [0.5, 0.6) is 0 Å². The maximum absolute atomic E-state index is 12.3. The van der Waals surface area contributed by atoms with Gasteiger partial charge in [0.05, 0.1) is 5.69 Å². The molecule has 0 fully saturated rings. The third-order valence-corrected chi connectivity index (χ3v) is 5.49. The highest BCUT2D eigenvalue weighted by Gasteiger charge is 2.18. The summed E-state index contributed by atoms with van der Waals surface area (Å²) in [6.45, 7) is 1.53. The van der Waals surface area contributed by atoms with Crippen LogP contribution in [0.4, 0.5) is 5.13 Å². The van der Waals surface area contributed by atoms with E-state index in [2.05, 4.69) is 10.3 Å². The van der Waals surface area contributed by atoms with Gasteiger partial charge in [-0.15, -0.1) is 23.1 Å². The highest BCUT2D eigenvalue weighted by Crippen LogP contribution is 2.24. The highest BCUT2D eigenvalue weighted by molar-refractivity contribution is 7.98. The first kappa shape index (κ1) is 20.8. The predicted octanol–water partition coefficient (Wildman–Crippen LogP) is 5.12. The molecule has 1 aromatic heterocycles. The molecular weight excluding hydrogens is 404 g/mol. The number of thioether (sulfide) groups is 1. The third kappa shape index (κ3) is 6.04. The molecule has 3 aromatic rings. The number of esters is 1. The van der Waals surface area contributed by atoms with E-state index >= 15 is 0 Å². The Morgan fingerprint density at radius 3 is 2.55 bits per heavy atom. The lowest BCUT2D eigenvalue weighted by Gasteiger charge is -2.10. The molecule has 0 saturated carbocycles. The van der Waals surface area contributed by atoms with Gasteiger partial charge in [0.25, 0.3) is 5.91 Å². The molecule has 3 rings (SSSR count). The molecule has 0 bridgehead atoms. The van der Waals surface area contributed by atoms with Crippen LogP contribution >= 0.6 is 23.1 Å². The average molecular weight is 425 g/mol. The smallest absolute Gasteiger partial charge is 0.331 e. The van der Waals surface area contributed by atoms with E-state index in [1.54, 1.807) is 17.8 Å². The molecule has 0 saturated heterocycles. The van der Waals surface area contributed by atoms with Gasteiger partial charge < -0.3 is 4.74 Å². The number of ether oxygens (including phenoxy) is 1. The van der Waals surface area contributed by atoms with Gasteiger partial charge in [0, 0.05) is 21.9 Å². The zero-order valence-corrected chi connectivity index (χ0v) is 17.6. The van der Waals surface area contributed by atoms with Crippen molar-refractivity contribution < 1.29 is 14.3 Å². The summed E-state index contributed by atoms with van der Waals surface area (Å²) >= 11 is 2.97. The molecule has 7 heteroatoms. The Labute approximate surface area is 177 Å². The molecule has 1 N–H and O–H groups in total. The van der Waals surface area contributed by atoms with Gasteiger partial charge >= 0.3 is 5.97 Å². The monoisotopic (exact) mass is 424 g/mol. The molecule has 1 heterocycles. The molecule has 0 aliphatic rings. The summed E-state index contributed by atoms with van der Waals surface area (Å²) in [5.41, 5.74) is 2.64. The largest absolute Gasteiger partial charge is 0.449 e. The molecule has 2 aromatic carbocycles. The maximum Gasteiger partial charge on any atom is 0.331 e. The van der Waals surface area contributed by atoms with Gasteiger partial charge in [0.2, 0.25) is 0 Å². The number of benzene rings is 2. The van der Waals surface area contributed by atoms with Gasteiger partial charge in [0.15, 0.2) is 11.2 Å². The van der Waals surface area contributed by atoms with Crippen molar-refractivity contribution in [2.24, 2.45) is 0 Å². The van der Waals surface area contributed by atoms with Crippen LogP contribution in [0.1, 0.15) is 12.5 Å². The average Bonchev–Trinajstić information content (AvgIpc) is 3.21. The molecular formula is C22H20N2O3S2. The minimum Gasteiger partial charge on any atom is -0.449 e. The van der Waals surface area contributed by atoms with E-state index in [9.17, 15) is 9.59 Å². The SMILES string of the molecule is CSc1ccc(C=CC(=O)OC(C)C(=O)Nc2nc(-c3ccccc3)cs2)cc1. The molecule has 5 nitrogen and oxygen atoms in total. The van der Waals surface area contributed by atoms with Crippen molar-refractivity contribution in [2.45, 2.75) is 17.9 Å². The molecule has 0 aliphatic carbocycles. The predicted molar refractivity (Wildman–Crippen MR) is 119 cm³/mol. The Morgan fingerprint density at radius 1 is 1.14 bits per heavy atom. The molecule has 0 radical (unpaired) electrons. The lowest BCUT2D eigenvalue weighted by Crippen LogP contribution is -2.29. The van der Waals surface area contributed by atoms with Crippen LogP contribution in [0.15, 0.2) is 70.9 Å². The van der Waals surface area contributed by atoms with E-state index in [1.165, 1.54) is 24.3 Å². The number of hydrogen-bond acceptors (Lipinski definition) is 6. The topological polar surface area (TPSA) is 68.3 Å². The summed E-state index contributed by atoms with van der Waals surface area (Å²) in [7, 11) is 0. The fourth-order valence-electron chi connectivity index (χ4n) is 2.43. The van der Waals surface area contributed by atoms with Gasteiger partial charge in [-0.25, -0.2) is 9.78 Å². The van der Waals surface area contributed by atoms with Crippen molar-refractivity contribution in [1.29, 1.82) is 0 Å². The van der Waals surface area contributed by atoms with E-state index in [1.807, 2.05) is 66.2 Å². The second kappa shape index (κ2) is 10.0. The number of nitrogens with one attached hydrogen (secondary N) is 1. The van der Waals surface area contributed by atoms with Gasteiger partial charge in [-0.2, -0.15) is 0 Å². The Hall–Kier alpha value is -2.90. The van der Waals surface area contributed by atoms with Crippen LogP contribution in [0.2, 0.25) is 0 Å². The summed E-state index contributed by atoms with van der Waals surface area (Å²) in [6.07, 6.45) is 4.04. The zero-order chi connectivity index (χ0) is 20.6. The molecule has 29 heavy (non-hydrogen) atoms. The van der Waals surface area contributed by atoms with Crippen LogP contribution in [0.3, 0.4) is 0 Å². The van der Waals surface area contributed by atoms with Crippen molar-refractivity contribution in [2.75, 3.05) is 11.6 Å². The second-order valence-electron chi connectivity index (χ2n) is 6.08. The van der Waals surface area contributed by atoms with Gasteiger partial charge in [-0.3, -0.25) is 10.1 Å². The van der Waals surface area contributed by atoms with Crippen molar-refractivity contribution in [3.8, 4) is 11.3 Å². The summed E-state index contributed by atoms with van der Waals surface area (Å²) in [4.78, 5) is 29.8. The van der Waals surface area contributed by atoms with E-state index < -0.39 is 18.0 Å². The second-order valence-corrected chi connectivity index (χ2v) is 7.82. The lowest BCUT2D eigenvalue weighted by molar-refractivity contribution is -0.148. The van der Waals surface area contributed by atoms with Crippen molar-refractivity contribution in [3.63, 3.8) is 0 Å². The Bertz CT molecular complexity index is 998. The number of amides is 1. The quantitative estimate of drug-likeness (QED) is 0.324. The van der Waals surface area contributed by atoms with E-state index in [-0.39, 0.29) is 0 Å². The Kier molecular flexibility index (Phi) is 7.21. The minimum absolute atomic E-state index is 0.426. The van der Waals surface area contributed by atoms with Crippen LogP contribution in [-0.2, 0) is 14.3 Å². The van der Waals surface area contributed by atoms with E-state index in [0.717, 1.165) is 21.7 Å². The van der Waals surface area contributed by atoms with Gasteiger partial charge in [-0.05, 0) is 37.0 Å². The number of anilines is 1. The van der Waals surface area contributed by atoms with Crippen LogP contribution in [-0.4, -0.2) is 29.2 Å². The zero-order valence-electron chi connectivity index (χ0n) is 16.0. The normalized spacial score (nSPS) is 11.9. The van der Waals surface area contributed by atoms with Crippen LogP contribution < -0.4 is 5.32 Å². The minimum atomic E-state index is -0.935. The number of carbonyl (C=O) groups is 2. The lowest BCUT2D eigenvalue weighted by atomic mass is 10.2. The standard InChI is InChI=1S/C22H20N2O3S2/c1-15(27-20(25)13-10-16-8-11-18(28-2)12-9-16)21(26)24-22-23-19(14-29-22)17-6-4-3-5-7-17/h3-15H,1-2H3,(H,23,24,26). The number of carbonyl (C=O) groups excluding carboxylic acids is 2. The summed E-state index contributed by atoms with van der Waals surface area (Å²) in [5, 5.41) is 5.02. The number of rotatable bonds is 7. The highest BCUT2D eigenvalue weighted by atomic mass is 32.2. The van der Waals surface area contributed by atoms with Crippen molar-refractivity contribution in [3.05, 3.63) is 71.6 Å². The molecule has 0 aliphatic heterocycles. The third-order valence-electron chi connectivity index (χ3n) is 3.99. The molecule has 0 spiro atoms. The molecule has 1 atom stereocenters. The summed E-state index contributed by atoms with van der Waals surface area (Å²) < 4.78 is 5.18. The van der Waals surface area contributed by atoms with Crippen LogP contribution in [0, 0.1) is 0 Å². The molecule has 1 unspecified atom stereocenters. The molecule has 1 amide bonds. The first-order valence-corrected chi connectivity index (χ1v) is 11.0. The van der Waals surface area contributed by atoms with Gasteiger partial charge in [0.1, 0.15) is 0 Å². The first-order chi connectivity index (χ1) is 14.0. The van der Waals surface area contributed by atoms with Crippen molar-refractivity contribution in [1.82, 2.24) is 4.98 Å². The number of nitrogens with zero attached hydrogens (tertiary/aromatic N) is 1. The number of hydrogen-bond donors (Lipinski definition) is 1. The maximum atomic E-state index is 12.3. The van der Waals surface area contributed by atoms with Gasteiger partial charge in [-0.1, -0.05) is 42.5 Å². The fraction of sp³-hybridized carbons (Fsp3) is 0.136.